The molecule has 4 nitrogen and oxygen atoms in total. The van der Waals surface area contributed by atoms with Crippen LogP contribution in [0.25, 0.3) is 0 Å². The van der Waals surface area contributed by atoms with E-state index < -0.39 is 5.41 Å². The number of amides is 1. The summed E-state index contributed by atoms with van der Waals surface area (Å²) < 4.78 is 0.893. The fraction of sp³-hybridized carbons (Fsp3) is 0.400. The van der Waals surface area contributed by atoms with Crippen molar-refractivity contribution >= 4 is 27.5 Å². The lowest BCUT2D eigenvalue weighted by Gasteiger charge is -2.21. The molecule has 1 aromatic heterocycles. The minimum Gasteiger partial charge on any atom is -0.383 e. The highest BCUT2D eigenvalue weighted by molar-refractivity contribution is 9.10. The molecular weight excluding hydrogens is 258 g/mol. The molecule has 0 saturated carbocycles. The average Bonchev–Trinajstić information content (AvgIpc) is 2.15. The number of nitrogens with zero attached hydrogens (tertiary/aromatic N) is 1. The third-order valence-corrected chi connectivity index (χ3v) is 2.54. The summed E-state index contributed by atoms with van der Waals surface area (Å²) in [5.74, 6) is -0.321. The highest BCUT2D eigenvalue weighted by atomic mass is 79.9. The lowest BCUT2D eigenvalue weighted by Crippen LogP contribution is -2.37. The number of nitrogens with two attached hydrogens (primary N) is 1. The van der Waals surface area contributed by atoms with Gasteiger partial charge in [-0.05, 0) is 35.8 Å². The molecule has 1 rings (SSSR count). The maximum Gasteiger partial charge on any atom is 0.224 e. The maximum atomic E-state index is 11.1. The number of halogens is 1. The van der Waals surface area contributed by atoms with Gasteiger partial charge in [0.2, 0.25) is 5.91 Å². The molecule has 1 amide bonds. The lowest BCUT2D eigenvalue weighted by atomic mass is 9.93. The van der Waals surface area contributed by atoms with Crippen molar-refractivity contribution in [1.82, 2.24) is 4.98 Å². The molecule has 82 valence electrons. The summed E-state index contributed by atoms with van der Waals surface area (Å²) in [6, 6.07) is 1.89. The molecule has 0 radical (unpaired) electrons. The predicted octanol–water partition coefficient (Wildman–Crippen LogP) is 1.77. The summed E-state index contributed by atoms with van der Waals surface area (Å²) >= 11 is 3.32. The molecule has 0 aromatic carbocycles. The van der Waals surface area contributed by atoms with Crippen LogP contribution >= 0.6 is 15.9 Å². The van der Waals surface area contributed by atoms with Crippen molar-refractivity contribution in [1.29, 1.82) is 0 Å². The largest absolute Gasteiger partial charge is 0.383 e. The molecule has 0 bridgehead atoms. The molecule has 5 heteroatoms. The molecule has 0 unspecified atom stereocenters. The first-order valence-electron chi connectivity index (χ1n) is 4.56. The minimum absolute atomic E-state index is 0.321. The number of aromatic nitrogens is 1. The van der Waals surface area contributed by atoms with Gasteiger partial charge in [0.1, 0.15) is 0 Å². The summed E-state index contributed by atoms with van der Waals surface area (Å²) in [6.45, 7) is 4.09. The quantitative estimate of drug-likeness (QED) is 0.877. The first-order chi connectivity index (χ1) is 6.92. The van der Waals surface area contributed by atoms with Gasteiger partial charge in [-0.25, -0.2) is 0 Å². The third-order valence-electron chi connectivity index (χ3n) is 2.11. The number of rotatable bonds is 4. The Balaban J connectivity index is 2.61. The number of hydrogen-bond acceptors (Lipinski definition) is 3. The number of primary amides is 1. The second-order valence-corrected chi connectivity index (χ2v) is 4.91. The average molecular weight is 272 g/mol. The van der Waals surface area contributed by atoms with Gasteiger partial charge in [0.15, 0.2) is 0 Å². The Labute approximate surface area is 97.4 Å². The van der Waals surface area contributed by atoms with Gasteiger partial charge in [-0.15, -0.1) is 0 Å². The van der Waals surface area contributed by atoms with E-state index in [4.69, 9.17) is 5.73 Å². The van der Waals surface area contributed by atoms with Crippen molar-refractivity contribution in [3.05, 3.63) is 22.9 Å². The summed E-state index contributed by atoms with van der Waals surface area (Å²) in [4.78, 5) is 15.1. The summed E-state index contributed by atoms with van der Waals surface area (Å²) in [5.41, 5.74) is 5.55. The van der Waals surface area contributed by atoms with Crippen molar-refractivity contribution in [3.63, 3.8) is 0 Å². The van der Waals surface area contributed by atoms with Gasteiger partial charge in [-0.1, -0.05) is 0 Å². The molecule has 3 N–H and O–H groups in total. The smallest absolute Gasteiger partial charge is 0.224 e. The highest BCUT2D eigenvalue weighted by Crippen LogP contribution is 2.18. The van der Waals surface area contributed by atoms with Crippen LogP contribution in [0.3, 0.4) is 0 Å². The first-order valence-corrected chi connectivity index (χ1v) is 5.35. The van der Waals surface area contributed by atoms with Crippen LogP contribution in [0.2, 0.25) is 0 Å². The fourth-order valence-corrected chi connectivity index (χ4v) is 1.28. The topological polar surface area (TPSA) is 68.0 Å². The number of anilines is 1. The van der Waals surface area contributed by atoms with E-state index >= 15 is 0 Å². The second-order valence-electron chi connectivity index (χ2n) is 3.99. The van der Waals surface area contributed by atoms with Crippen molar-refractivity contribution in [2.45, 2.75) is 13.8 Å². The molecular formula is C10H14BrN3O. The van der Waals surface area contributed by atoms with Gasteiger partial charge in [0.05, 0.1) is 17.3 Å². The molecule has 1 aromatic rings. The van der Waals surface area contributed by atoms with Gasteiger partial charge in [-0.2, -0.15) is 0 Å². The second kappa shape index (κ2) is 4.61. The van der Waals surface area contributed by atoms with Crippen molar-refractivity contribution in [2.24, 2.45) is 11.1 Å². The molecule has 1 heterocycles. The Kier molecular flexibility index (Phi) is 3.68. The number of carbonyl (C=O) groups excluding carboxylic acids is 1. The summed E-state index contributed by atoms with van der Waals surface area (Å²) in [7, 11) is 0. The molecule has 0 saturated heterocycles. The van der Waals surface area contributed by atoms with E-state index in [1.165, 1.54) is 0 Å². The van der Waals surface area contributed by atoms with E-state index in [0.29, 0.717) is 6.54 Å². The minimum atomic E-state index is -0.567. The van der Waals surface area contributed by atoms with Gasteiger partial charge >= 0.3 is 0 Å². The van der Waals surface area contributed by atoms with Gasteiger partial charge in [0, 0.05) is 17.2 Å². The Hall–Kier alpha value is -1.10. The van der Waals surface area contributed by atoms with Crippen LogP contribution in [0.15, 0.2) is 22.9 Å². The molecule has 0 spiro atoms. The zero-order valence-electron chi connectivity index (χ0n) is 8.75. The molecule has 0 aliphatic rings. The van der Waals surface area contributed by atoms with Crippen LogP contribution in [0.4, 0.5) is 5.69 Å². The predicted molar refractivity (Wildman–Crippen MR) is 63.4 cm³/mol. The van der Waals surface area contributed by atoms with Crippen molar-refractivity contribution in [2.75, 3.05) is 11.9 Å². The molecule has 0 atom stereocenters. The number of nitrogens with one attached hydrogen (secondary N) is 1. The number of hydrogen-bond donors (Lipinski definition) is 2. The maximum absolute atomic E-state index is 11.1. The van der Waals surface area contributed by atoms with Crippen LogP contribution in [0.5, 0.6) is 0 Å². The van der Waals surface area contributed by atoms with E-state index in [1.807, 2.05) is 6.07 Å². The van der Waals surface area contributed by atoms with Crippen LogP contribution in [-0.2, 0) is 4.79 Å². The fourth-order valence-electron chi connectivity index (χ4n) is 0.919. The number of pyridine rings is 1. The third kappa shape index (κ3) is 3.51. The zero-order valence-corrected chi connectivity index (χ0v) is 10.3. The molecule has 0 fully saturated rings. The van der Waals surface area contributed by atoms with Crippen LogP contribution in [0, 0.1) is 5.41 Å². The number of carbonyl (C=O) groups is 1. The normalized spacial score (nSPS) is 11.1. The zero-order chi connectivity index (χ0) is 11.5. The van der Waals surface area contributed by atoms with E-state index in [1.54, 1.807) is 26.2 Å². The van der Waals surface area contributed by atoms with Gasteiger partial charge < -0.3 is 11.1 Å². The SMILES string of the molecule is CC(C)(CNc1cncc(Br)c1)C(N)=O. The first kappa shape index (κ1) is 12.0. The van der Waals surface area contributed by atoms with E-state index in [2.05, 4.69) is 26.2 Å². The van der Waals surface area contributed by atoms with Crippen molar-refractivity contribution < 1.29 is 4.79 Å². The van der Waals surface area contributed by atoms with Crippen LogP contribution in [0.1, 0.15) is 13.8 Å². The molecule has 0 aliphatic heterocycles. The Morgan fingerprint density at radius 3 is 2.80 bits per heavy atom. The standard InChI is InChI=1S/C10H14BrN3O/c1-10(2,9(12)15)6-14-8-3-7(11)4-13-5-8/h3-5,14H,6H2,1-2H3,(H2,12,15). The Morgan fingerprint density at radius 1 is 1.60 bits per heavy atom. The monoisotopic (exact) mass is 271 g/mol. The molecule has 15 heavy (non-hydrogen) atoms. The van der Waals surface area contributed by atoms with E-state index in [0.717, 1.165) is 10.2 Å². The summed E-state index contributed by atoms with van der Waals surface area (Å²) in [6.07, 6.45) is 3.40. The van der Waals surface area contributed by atoms with Crippen LogP contribution < -0.4 is 11.1 Å². The Morgan fingerprint density at radius 2 is 2.27 bits per heavy atom. The van der Waals surface area contributed by atoms with Crippen molar-refractivity contribution in [3.8, 4) is 0 Å². The summed E-state index contributed by atoms with van der Waals surface area (Å²) in [5, 5.41) is 3.11. The van der Waals surface area contributed by atoms with Gasteiger partial charge in [-0.3, -0.25) is 9.78 Å². The lowest BCUT2D eigenvalue weighted by molar-refractivity contribution is -0.125. The van der Waals surface area contributed by atoms with Crippen LogP contribution in [-0.4, -0.2) is 17.4 Å². The van der Waals surface area contributed by atoms with E-state index in [-0.39, 0.29) is 5.91 Å². The Bertz CT molecular complexity index is 365. The van der Waals surface area contributed by atoms with Gasteiger partial charge in [0.25, 0.3) is 0 Å². The molecule has 0 aliphatic carbocycles. The van der Waals surface area contributed by atoms with E-state index in [9.17, 15) is 4.79 Å². The highest BCUT2D eigenvalue weighted by Gasteiger charge is 2.24.